The highest BCUT2D eigenvalue weighted by Crippen LogP contribution is 2.35. The summed E-state index contributed by atoms with van der Waals surface area (Å²) in [6, 6.07) is -0.403. The van der Waals surface area contributed by atoms with Crippen molar-refractivity contribution in [1.82, 2.24) is 24.2 Å². The first-order valence-corrected chi connectivity index (χ1v) is 9.22. The molecule has 0 N–H and O–H groups in total. The normalized spacial score (nSPS) is 20.0. The molecule has 3 heterocycles. The zero-order chi connectivity index (χ0) is 16.6. The zero-order valence-corrected chi connectivity index (χ0v) is 14.4. The standard InChI is InChI=1S/C14H21N5O3S/c1-4-11-13(9-18(3)16-11)23(20,21)19-8-6-5-7-12(19)14-15-10(2)17-22-14/h9,12H,4-8H2,1-3H3. The fourth-order valence-electron chi connectivity index (χ4n) is 2.99. The summed E-state index contributed by atoms with van der Waals surface area (Å²) in [7, 11) is -1.92. The highest BCUT2D eigenvalue weighted by Gasteiger charge is 2.39. The molecule has 2 aromatic heterocycles. The number of piperidine rings is 1. The molecule has 1 aliphatic heterocycles. The number of nitrogens with zero attached hydrogens (tertiary/aromatic N) is 5. The van der Waals surface area contributed by atoms with Crippen molar-refractivity contribution < 1.29 is 12.9 Å². The van der Waals surface area contributed by atoms with Crippen LogP contribution < -0.4 is 0 Å². The maximum absolute atomic E-state index is 13.2. The van der Waals surface area contributed by atoms with Gasteiger partial charge in [-0.2, -0.15) is 14.4 Å². The zero-order valence-electron chi connectivity index (χ0n) is 13.6. The van der Waals surface area contributed by atoms with E-state index in [-0.39, 0.29) is 4.90 Å². The average molecular weight is 339 g/mol. The summed E-state index contributed by atoms with van der Waals surface area (Å²) in [5, 5.41) is 8.05. The predicted molar refractivity (Wildman–Crippen MR) is 82.1 cm³/mol. The lowest BCUT2D eigenvalue weighted by molar-refractivity contribution is 0.204. The van der Waals surface area contributed by atoms with Gasteiger partial charge in [-0.05, 0) is 26.2 Å². The molecule has 0 amide bonds. The van der Waals surface area contributed by atoms with Gasteiger partial charge in [0.1, 0.15) is 10.9 Å². The van der Waals surface area contributed by atoms with Crippen LogP contribution in [-0.2, 0) is 23.5 Å². The van der Waals surface area contributed by atoms with Crippen LogP contribution in [0.25, 0.3) is 0 Å². The summed E-state index contributed by atoms with van der Waals surface area (Å²) in [4.78, 5) is 4.50. The topological polar surface area (TPSA) is 94.1 Å². The van der Waals surface area contributed by atoms with E-state index in [0.717, 1.165) is 12.8 Å². The lowest BCUT2D eigenvalue weighted by Gasteiger charge is -2.32. The molecule has 23 heavy (non-hydrogen) atoms. The van der Waals surface area contributed by atoms with Gasteiger partial charge in [0.2, 0.25) is 15.9 Å². The molecule has 0 saturated carbocycles. The second kappa shape index (κ2) is 6.04. The van der Waals surface area contributed by atoms with E-state index >= 15 is 0 Å². The number of rotatable bonds is 4. The van der Waals surface area contributed by atoms with Crippen molar-refractivity contribution in [2.75, 3.05) is 6.54 Å². The van der Waals surface area contributed by atoms with Crippen molar-refractivity contribution in [3.63, 3.8) is 0 Å². The molecule has 1 unspecified atom stereocenters. The minimum atomic E-state index is -3.65. The van der Waals surface area contributed by atoms with Gasteiger partial charge in [-0.25, -0.2) is 8.42 Å². The van der Waals surface area contributed by atoms with Crippen LogP contribution >= 0.6 is 0 Å². The molecule has 0 aromatic carbocycles. The fraction of sp³-hybridized carbons (Fsp3) is 0.643. The molecule has 8 nitrogen and oxygen atoms in total. The Morgan fingerprint density at radius 3 is 2.83 bits per heavy atom. The summed E-state index contributed by atoms with van der Waals surface area (Å²) in [5.74, 6) is 0.881. The molecule has 0 radical (unpaired) electrons. The van der Waals surface area contributed by atoms with Crippen LogP contribution in [-0.4, -0.2) is 39.2 Å². The maximum Gasteiger partial charge on any atom is 0.247 e. The molecular formula is C14H21N5O3S. The highest BCUT2D eigenvalue weighted by atomic mass is 32.2. The molecule has 1 fully saturated rings. The Balaban J connectivity index is 2.02. The van der Waals surface area contributed by atoms with Crippen molar-refractivity contribution in [1.29, 1.82) is 0 Å². The van der Waals surface area contributed by atoms with E-state index in [4.69, 9.17) is 4.52 Å². The van der Waals surface area contributed by atoms with Gasteiger partial charge in [0.05, 0.1) is 5.69 Å². The first-order valence-electron chi connectivity index (χ1n) is 7.78. The molecule has 1 atom stereocenters. The lowest BCUT2D eigenvalue weighted by Crippen LogP contribution is -2.38. The van der Waals surface area contributed by atoms with E-state index in [1.807, 2.05) is 6.92 Å². The van der Waals surface area contributed by atoms with E-state index in [1.54, 1.807) is 24.9 Å². The summed E-state index contributed by atoms with van der Waals surface area (Å²) in [6.45, 7) is 4.08. The Morgan fingerprint density at radius 1 is 1.39 bits per heavy atom. The van der Waals surface area contributed by atoms with Gasteiger partial charge < -0.3 is 4.52 Å². The summed E-state index contributed by atoms with van der Waals surface area (Å²) < 4.78 is 34.6. The molecule has 0 spiro atoms. The van der Waals surface area contributed by atoms with E-state index in [1.165, 1.54) is 4.31 Å². The van der Waals surface area contributed by atoms with Crippen LogP contribution in [0.5, 0.6) is 0 Å². The third kappa shape index (κ3) is 2.90. The van der Waals surface area contributed by atoms with Crippen molar-refractivity contribution in [2.45, 2.75) is 50.5 Å². The molecule has 0 aliphatic carbocycles. The van der Waals surface area contributed by atoms with E-state index in [2.05, 4.69) is 15.2 Å². The first-order chi connectivity index (χ1) is 10.9. The third-order valence-electron chi connectivity index (χ3n) is 4.07. The molecule has 9 heteroatoms. The molecule has 1 aliphatic rings. The number of sulfonamides is 1. The lowest BCUT2D eigenvalue weighted by atomic mass is 10.1. The Hall–Kier alpha value is -1.74. The van der Waals surface area contributed by atoms with Crippen LogP contribution in [0.3, 0.4) is 0 Å². The summed E-state index contributed by atoms with van der Waals surface area (Å²) >= 11 is 0. The Morgan fingerprint density at radius 2 is 2.17 bits per heavy atom. The number of aryl methyl sites for hydroxylation is 3. The van der Waals surface area contributed by atoms with E-state index in [9.17, 15) is 8.42 Å². The van der Waals surface area contributed by atoms with Crippen molar-refractivity contribution in [3.8, 4) is 0 Å². The van der Waals surface area contributed by atoms with E-state index in [0.29, 0.717) is 36.8 Å². The van der Waals surface area contributed by atoms with Gasteiger partial charge in [-0.15, -0.1) is 0 Å². The number of hydrogen-bond donors (Lipinski definition) is 0. The van der Waals surface area contributed by atoms with Gasteiger partial charge in [-0.1, -0.05) is 18.5 Å². The van der Waals surface area contributed by atoms with Crippen LogP contribution in [0, 0.1) is 6.92 Å². The molecular weight excluding hydrogens is 318 g/mol. The van der Waals surface area contributed by atoms with Gasteiger partial charge in [0, 0.05) is 19.8 Å². The largest absolute Gasteiger partial charge is 0.338 e. The maximum atomic E-state index is 13.2. The minimum Gasteiger partial charge on any atom is -0.338 e. The van der Waals surface area contributed by atoms with Gasteiger partial charge >= 0.3 is 0 Å². The SMILES string of the molecule is CCc1nn(C)cc1S(=O)(=O)N1CCCCC1c1nc(C)no1. The fourth-order valence-corrected chi connectivity index (χ4v) is 4.91. The minimum absolute atomic E-state index is 0.269. The molecule has 0 bridgehead atoms. The van der Waals surface area contributed by atoms with Gasteiger partial charge in [0.15, 0.2) is 5.82 Å². The number of aromatic nitrogens is 4. The number of hydrogen-bond acceptors (Lipinski definition) is 6. The summed E-state index contributed by atoms with van der Waals surface area (Å²) in [5.41, 5.74) is 0.582. The monoisotopic (exact) mass is 339 g/mol. The van der Waals surface area contributed by atoms with Crippen LogP contribution in [0.15, 0.2) is 15.6 Å². The van der Waals surface area contributed by atoms with Gasteiger partial charge in [0.25, 0.3) is 0 Å². The summed E-state index contributed by atoms with van der Waals surface area (Å²) in [6.07, 6.45) is 4.57. The quantitative estimate of drug-likeness (QED) is 0.839. The Kier molecular flexibility index (Phi) is 4.24. The van der Waals surface area contributed by atoms with Crippen LogP contribution in [0.1, 0.15) is 49.6 Å². The molecule has 126 valence electrons. The van der Waals surface area contributed by atoms with Crippen LogP contribution in [0.4, 0.5) is 0 Å². The van der Waals surface area contributed by atoms with Crippen molar-refractivity contribution in [2.24, 2.45) is 7.05 Å². The van der Waals surface area contributed by atoms with Crippen molar-refractivity contribution in [3.05, 3.63) is 23.6 Å². The Labute approximate surface area is 135 Å². The molecule has 2 aromatic rings. The van der Waals surface area contributed by atoms with Crippen LogP contribution in [0.2, 0.25) is 0 Å². The predicted octanol–water partition coefficient (Wildman–Crippen LogP) is 1.59. The highest BCUT2D eigenvalue weighted by molar-refractivity contribution is 7.89. The average Bonchev–Trinajstić information content (AvgIpc) is 3.13. The van der Waals surface area contributed by atoms with E-state index < -0.39 is 16.1 Å². The first kappa shape index (κ1) is 16.1. The third-order valence-corrected chi connectivity index (χ3v) is 6.02. The molecule has 3 rings (SSSR count). The molecule has 1 saturated heterocycles. The Bertz CT molecular complexity index is 795. The smallest absolute Gasteiger partial charge is 0.247 e. The second-order valence-electron chi connectivity index (χ2n) is 5.77. The van der Waals surface area contributed by atoms with Gasteiger partial charge in [-0.3, -0.25) is 4.68 Å². The van der Waals surface area contributed by atoms with Crippen molar-refractivity contribution >= 4 is 10.0 Å². The second-order valence-corrected chi connectivity index (χ2v) is 7.63.